The Bertz CT molecular complexity index is 903. The highest BCUT2D eigenvalue weighted by Gasteiger charge is 2.09. The second-order valence-electron chi connectivity index (χ2n) is 7.24. The van der Waals surface area contributed by atoms with Crippen molar-refractivity contribution in [3.05, 3.63) is 54.1 Å². The van der Waals surface area contributed by atoms with E-state index in [1.807, 2.05) is 0 Å². The average molecular weight is 473 g/mol. The molecule has 0 spiro atoms. The summed E-state index contributed by atoms with van der Waals surface area (Å²) in [6, 6.07) is 13.1. The molecular weight excluding hydrogens is 440 g/mol. The molecule has 10 heteroatoms. The SMILES string of the molecule is COCCOCCCCC(=O)NCCOc1ccc(C(=O)Oc2ccc(NC(=N)N)cc2)cc1. The van der Waals surface area contributed by atoms with Crippen LogP contribution < -0.4 is 25.8 Å². The molecule has 0 radical (unpaired) electrons. The van der Waals surface area contributed by atoms with Crippen molar-refractivity contribution in [3.8, 4) is 11.5 Å². The molecule has 0 aliphatic carbocycles. The molecule has 0 fully saturated rings. The molecule has 0 aliphatic rings. The van der Waals surface area contributed by atoms with Gasteiger partial charge in [-0.25, -0.2) is 4.79 Å². The van der Waals surface area contributed by atoms with Crippen LogP contribution in [0.2, 0.25) is 0 Å². The molecule has 0 saturated carbocycles. The number of rotatable bonds is 15. The number of guanidine groups is 1. The van der Waals surface area contributed by atoms with Gasteiger partial charge in [-0.15, -0.1) is 0 Å². The third-order valence-electron chi connectivity index (χ3n) is 4.50. The van der Waals surface area contributed by atoms with E-state index in [1.54, 1.807) is 55.6 Å². The van der Waals surface area contributed by atoms with Crippen molar-refractivity contribution in [2.45, 2.75) is 19.3 Å². The second-order valence-corrected chi connectivity index (χ2v) is 7.24. The number of hydrogen-bond acceptors (Lipinski definition) is 7. The summed E-state index contributed by atoms with van der Waals surface area (Å²) in [6.45, 7) is 2.47. The number of benzene rings is 2. The topological polar surface area (TPSA) is 145 Å². The molecule has 2 aromatic carbocycles. The van der Waals surface area contributed by atoms with Gasteiger partial charge in [-0.3, -0.25) is 10.2 Å². The Morgan fingerprint density at radius 3 is 2.29 bits per heavy atom. The van der Waals surface area contributed by atoms with Crippen molar-refractivity contribution in [3.63, 3.8) is 0 Å². The van der Waals surface area contributed by atoms with Gasteiger partial charge in [0, 0.05) is 25.8 Å². The lowest BCUT2D eigenvalue weighted by molar-refractivity contribution is -0.121. The molecule has 0 bridgehead atoms. The predicted molar refractivity (Wildman–Crippen MR) is 128 cm³/mol. The van der Waals surface area contributed by atoms with E-state index < -0.39 is 5.97 Å². The maximum absolute atomic E-state index is 12.3. The zero-order valence-electron chi connectivity index (χ0n) is 19.3. The molecule has 0 aromatic heterocycles. The van der Waals surface area contributed by atoms with E-state index in [9.17, 15) is 9.59 Å². The molecule has 0 heterocycles. The fourth-order valence-electron chi connectivity index (χ4n) is 2.80. The minimum atomic E-state index is -0.504. The highest BCUT2D eigenvalue weighted by molar-refractivity contribution is 5.91. The number of anilines is 1. The third kappa shape index (κ3) is 10.8. The van der Waals surface area contributed by atoms with Crippen LogP contribution in [0.4, 0.5) is 5.69 Å². The molecule has 5 N–H and O–H groups in total. The van der Waals surface area contributed by atoms with Crippen molar-refractivity contribution < 1.29 is 28.5 Å². The van der Waals surface area contributed by atoms with Crippen LogP contribution in [-0.4, -0.2) is 57.9 Å². The number of unbranched alkanes of at least 4 members (excludes halogenated alkanes) is 1. The van der Waals surface area contributed by atoms with Crippen LogP contribution in [0, 0.1) is 5.41 Å². The summed E-state index contributed by atoms with van der Waals surface area (Å²) in [6.07, 6.45) is 2.03. The highest BCUT2D eigenvalue weighted by Crippen LogP contribution is 2.18. The second kappa shape index (κ2) is 15.3. The van der Waals surface area contributed by atoms with Gasteiger partial charge in [-0.1, -0.05) is 0 Å². The number of carbonyl (C=O) groups is 2. The van der Waals surface area contributed by atoms with E-state index in [2.05, 4.69) is 10.6 Å². The quantitative estimate of drug-likeness (QED) is 0.102. The van der Waals surface area contributed by atoms with Crippen molar-refractivity contribution in [2.24, 2.45) is 5.73 Å². The molecule has 34 heavy (non-hydrogen) atoms. The minimum Gasteiger partial charge on any atom is -0.492 e. The van der Waals surface area contributed by atoms with E-state index in [-0.39, 0.29) is 11.9 Å². The van der Waals surface area contributed by atoms with E-state index in [1.165, 1.54) is 0 Å². The minimum absolute atomic E-state index is 0.0244. The van der Waals surface area contributed by atoms with Crippen LogP contribution >= 0.6 is 0 Å². The van der Waals surface area contributed by atoms with Crippen LogP contribution in [0.15, 0.2) is 48.5 Å². The maximum atomic E-state index is 12.3. The number of esters is 1. The molecule has 0 atom stereocenters. The first-order valence-corrected chi connectivity index (χ1v) is 11.0. The number of nitrogens with one attached hydrogen (secondary N) is 3. The molecule has 2 aromatic rings. The average Bonchev–Trinajstić information content (AvgIpc) is 2.82. The van der Waals surface area contributed by atoms with Gasteiger partial charge in [-0.2, -0.15) is 0 Å². The Kier molecular flexibility index (Phi) is 11.9. The van der Waals surface area contributed by atoms with Gasteiger partial charge in [0.2, 0.25) is 5.91 Å². The molecule has 2 rings (SSSR count). The normalized spacial score (nSPS) is 10.4. The highest BCUT2D eigenvalue weighted by atomic mass is 16.5. The lowest BCUT2D eigenvalue weighted by atomic mass is 10.2. The fourth-order valence-corrected chi connectivity index (χ4v) is 2.80. The summed E-state index contributed by atoms with van der Waals surface area (Å²) < 4.78 is 21.2. The van der Waals surface area contributed by atoms with Crippen molar-refractivity contribution in [2.75, 3.05) is 45.4 Å². The molecule has 1 amide bonds. The Labute approximate surface area is 199 Å². The summed E-state index contributed by atoms with van der Waals surface area (Å²) >= 11 is 0. The van der Waals surface area contributed by atoms with Crippen molar-refractivity contribution >= 4 is 23.5 Å². The number of hydrogen-bond donors (Lipinski definition) is 4. The summed E-state index contributed by atoms with van der Waals surface area (Å²) in [7, 11) is 1.63. The smallest absolute Gasteiger partial charge is 0.343 e. The first kappa shape index (κ1) is 26.6. The zero-order chi connectivity index (χ0) is 24.6. The van der Waals surface area contributed by atoms with Crippen LogP contribution in [0.25, 0.3) is 0 Å². The van der Waals surface area contributed by atoms with Crippen LogP contribution in [-0.2, 0) is 14.3 Å². The first-order chi connectivity index (χ1) is 16.5. The Morgan fingerprint density at radius 1 is 0.912 bits per heavy atom. The largest absolute Gasteiger partial charge is 0.492 e. The van der Waals surface area contributed by atoms with Gasteiger partial charge in [0.25, 0.3) is 0 Å². The van der Waals surface area contributed by atoms with Crippen LogP contribution in [0.5, 0.6) is 11.5 Å². The van der Waals surface area contributed by atoms with Gasteiger partial charge in [-0.05, 0) is 61.4 Å². The summed E-state index contributed by atoms with van der Waals surface area (Å²) in [5.41, 5.74) is 6.26. The number of nitrogens with two attached hydrogens (primary N) is 1. The standard InChI is InChI=1S/C24H32N4O6/c1-31-16-17-32-14-3-2-4-22(29)27-13-15-33-20-9-5-18(6-10-20)23(30)34-21-11-7-19(8-12-21)28-24(25)26/h5-12H,2-4,13-17H2,1H3,(H,27,29)(H4,25,26,28). The fraction of sp³-hybridized carbons (Fsp3) is 0.375. The van der Waals surface area contributed by atoms with Gasteiger partial charge >= 0.3 is 5.97 Å². The number of methoxy groups -OCH3 is 1. The number of carbonyl (C=O) groups excluding carboxylic acids is 2. The summed E-state index contributed by atoms with van der Waals surface area (Å²) in [4.78, 5) is 24.1. The van der Waals surface area contributed by atoms with E-state index in [0.29, 0.717) is 62.1 Å². The molecular formula is C24H32N4O6. The lowest BCUT2D eigenvalue weighted by Gasteiger charge is -2.09. The van der Waals surface area contributed by atoms with Crippen LogP contribution in [0.3, 0.4) is 0 Å². The maximum Gasteiger partial charge on any atom is 0.343 e. The number of amides is 1. The Hall–Kier alpha value is -3.63. The van der Waals surface area contributed by atoms with Gasteiger partial charge in [0.1, 0.15) is 18.1 Å². The lowest BCUT2D eigenvalue weighted by Crippen LogP contribution is -2.27. The summed E-state index contributed by atoms with van der Waals surface area (Å²) in [5.74, 6) is 0.247. The summed E-state index contributed by atoms with van der Waals surface area (Å²) in [5, 5.41) is 12.7. The van der Waals surface area contributed by atoms with Gasteiger partial charge in [0.05, 0.1) is 25.3 Å². The first-order valence-electron chi connectivity index (χ1n) is 11.0. The zero-order valence-corrected chi connectivity index (χ0v) is 19.3. The van der Waals surface area contributed by atoms with Crippen molar-refractivity contribution in [1.82, 2.24) is 5.32 Å². The molecule has 0 unspecified atom stereocenters. The molecule has 10 nitrogen and oxygen atoms in total. The Morgan fingerprint density at radius 2 is 1.62 bits per heavy atom. The molecule has 184 valence electrons. The Balaban J connectivity index is 1.62. The van der Waals surface area contributed by atoms with E-state index >= 15 is 0 Å². The van der Waals surface area contributed by atoms with Gasteiger partial charge in [0.15, 0.2) is 5.96 Å². The molecule has 0 saturated heterocycles. The predicted octanol–water partition coefficient (Wildman–Crippen LogP) is 2.54. The van der Waals surface area contributed by atoms with E-state index in [0.717, 1.165) is 12.8 Å². The van der Waals surface area contributed by atoms with Gasteiger partial charge < -0.3 is 35.3 Å². The third-order valence-corrected chi connectivity index (χ3v) is 4.50. The number of ether oxygens (including phenoxy) is 4. The monoisotopic (exact) mass is 472 g/mol. The van der Waals surface area contributed by atoms with Crippen LogP contribution in [0.1, 0.15) is 29.6 Å². The van der Waals surface area contributed by atoms with Crippen molar-refractivity contribution in [1.29, 1.82) is 5.41 Å². The molecule has 0 aliphatic heterocycles. The van der Waals surface area contributed by atoms with E-state index in [4.69, 9.17) is 30.1 Å².